The summed E-state index contributed by atoms with van der Waals surface area (Å²) >= 11 is 0. The van der Waals surface area contributed by atoms with Crippen LogP contribution in [-0.4, -0.2) is 31.0 Å². The molecule has 1 aromatic rings. The number of hydrogen-bond donors (Lipinski definition) is 2. The van der Waals surface area contributed by atoms with Gasteiger partial charge < -0.3 is 15.2 Å². The van der Waals surface area contributed by atoms with E-state index >= 15 is 0 Å². The molecular formula is C11H15NO2. The zero-order chi connectivity index (χ0) is 9.97. The Labute approximate surface area is 83.7 Å². The summed E-state index contributed by atoms with van der Waals surface area (Å²) in [6.07, 6.45) is -0.553. The van der Waals surface area contributed by atoms with Crippen molar-refractivity contribution >= 4 is 0 Å². The van der Waals surface area contributed by atoms with Gasteiger partial charge in [0.05, 0.1) is 12.1 Å². The summed E-state index contributed by atoms with van der Waals surface area (Å²) in [7, 11) is 1.64. The van der Waals surface area contributed by atoms with Crippen LogP contribution in [0, 0.1) is 0 Å². The topological polar surface area (TPSA) is 41.5 Å². The molecule has 3 heteroatoms. The Balaban J connectivity index is 2.19. The summed E-state index contributed by atoms with van der Waals surface area (Å²) in [5, 5.41) is 12.9. The summed E-state index contributed by atoms with van der Waals surface area (Å²) in [5.41, 5.74) is 1.16. The second-order valence-corrected chi connectivity index (χ2v) is 3.56. The number of aliphatic hydroxyl groups excluding tert-OH is 1. The first-order valence-corrected chi connectivity index (χ1v) is 4.82. The maximum atomic E-state index is 9.63. The number of β-amino-alcohol motifs (C(OH)–C–C–N with tert-alkyl or cyclic N) is 1. The normalized spacial score (nSPS) is 32.0. The number of methoxy groups -OCH3 is 1. The van der Waals surface area contributed by atoms with Crippen molar-refractivity contribution in [2.75, 3.05) is 13.7 Å². The Morgan fingerprint density at radius 3 is 2.71 bits per heavy atom. The predicted molar refractivity (Wildman–Crippen MR) is 54.0 cm³/mol. The summed E-state index contributed by atoms with van der Waals surface area (Å²) in [6, 6.07) is 10.2. The molecule has 1 saturated heterocycles. The van der Waals surface area contributed by atoms with Crippen molar-refractivity contribution in [1.82, 2.24) is 5.32 Å². The van der Waals surface area contributed by atoms with Gasteiger partial charge in [-0.1, -0.05) is 30.3 Å². The number of hydrogen-bond acceptors (Lipinski definition) is 3. The average molecular weight is 193 g/mol. The van der Waals surface area contributed by atoms with E-state index in [1.807, 2.05) is 30.3 Å². The quantitative estimate of drug-likeness (QED) is 0.726. The molecule has 0 unspecified atom stereocenters. The minimum atomic E-state index is -0.412. The summed E-state index contributed by atoms with van der Waals surface area (Å²) in [6.45, 7) is 0.595. The molecule has 1 aliphatic rings. The highest BCUT2D eigenvalue weighted by Crippen LogP contribution is 2.25. The minimum absolute atomic E-state index is 0.108. The minimum Gasteiger partial charge on any atom is -0.389 e. The molecule has 1 heterocycles. The number of rotatable bonds is 2. The number of nitrogens with one attached hydrogen (secondary N) is 1. The van der Waals surface area contributed by atoms with E-state index in [4.69, 9.17) is 4.74 Å². The third-order valence-electron chi connectivity index (χ3n) is 2.69. The third kappa shape index (κ3) is 1.66. The second kappa shape index (κ2) is 4.09. The Kier molecular flexibility index (Phi) is 2.82. The maximum absolute atomic E-state index is 9.63. The van der Waals surface area contributed by atoms with Gasteiger partial charge in [0.15, 0.2) is 0 Å². The van der Waals surface area contributed by atoms with E-state index in [1.54, 1.807) is 7.11 Å². The highest BCUT2D eigenvalue weighted by molar-refractivity contribution is 5.22. The lowest BCUT2D eigenvalue weighted by Crippen LogP contribution is -2.28. The van der Waals surface area contributed by atoms with Crippen molar-refractivity contribution in [3.8, 4) is 0 Å². The predicted octanol–water partition coefficient (Wildman–Crippen LogP) is 0.707. The molecule has 3 atom stereocenters. The molecule has 0 saturated carbocycles. The first kappa shape index (κ1) is 9.65. The Hall–Kier alpha value is -0.900. The van der Waals surface area contributed by atoms with Crippen molar-refractivity contribution < 1.29 is 9.84 Å². The molecule has 1 fully saturated rings. The average Bonchev–Trinajstić information content (AvgIpc) is 2.61. The Bertz CT molecular complexity index is 289. The van der Waals surface area contributed by atoms with Gasteiger partial charge in [-0.2, -0.15) is 0 Å². The zero-order valence-electron chi connectivity index (χ0n) is 8.18. The lowest BCUT2D eigenvalue weighted by Gasteiger charge is -2.20. The van der Waals surface area contributed by atoms with Crippen LogP contribution in [0.4, 0.5) is 0 Å². The van der Waals surface area contributed by atoms with Gasteiger partial charge >= 0.3 is 0 Å². The SMILES string of the molecule is CO[C@H]1[C@H](O)CN[C@H]1c1ccccc1. The molecule has 2 N–H and O–H groups in total. The van der Waals surface area contributed by atoms with E-state index < -0.39 is 6.10 Å². The highest BCUT2D eigenvalue weighted by Gasteiger charge is 2.35. The molecule has 2 rings (SSSR count). The fourth-order valence-electron chi connectivity index (χ4n) is 1.96. The standard InChI is InChI=1S/C11H15NO2/c1-14-11-9(13)7-12-10(11)8-5-3-2-4-6-8/h2-6,9-13H,7H2,1H3/t9-,10+,11+/m1/s1. The molecule has 1 aliphatic heterocycles. The lowest BCUT2D eigenvalue weighted by molar-refractivity contribution is 0.00507. The van der Waals surface area contributed by atoms with Crippen molar-refractivity contribution in [2.24, 2.45) is 0 Å². The molecule has 0 radical (unpaired) electrons. The van der Waals surface area contributed by atoms with Crippen LogP contribution in [0.15, 0.2) is 30.3 Å². The second-order valence-electron chi connectivity index (χ2n) is 3.56. The lowest BCUT2D eigenvalue weighted by atomic mass is 10.0. The molecule has 1 aromatic carbocycles. The summed E-state index contributed by atoms with van der Waals surface area (Å²) < 4.78 is 5.28. The van der Waals surface area contributed by atoms with Gasteiger partial charge in [0.1, 0.15) is 6.10 Å². The van der Waals surface area contributed by atoms with Gasteiger partial charge in [0.25, 0.3) is 0 Å². The van der Waals surface area contributed by atoms with Gasteiger partial charge in [-0.3, -0.25) is 0 Å². The van der Waals surface area contributed by atoms with Gasteiger partial charge in [-0.15, -0.1) is 0 Å². The first-order valence-electron chi connectivity index (χ1n) is 4.82. The number of aliphatic hydroxyl groups is 1. The van der Waals surface area contributed by atoms with Crippen LogP contribution >= 0.6 is 0 Å². The fourth-order valence-corrected chi connectivity index (χ4v) is 1.96. The van der Waals surface area contributed by atoms with Crippen molar-refractivity contribution in [2.45, 2.75) is 18.2 Å². The molecular weight excluding hydrogens is 178 g/mol. The molecule has 0 amide bonds. The maximum Gasteiger partial charge on any atom is 0.104 e. The van der Waals surface area contributed by atoms with Crippen LogP contribution in [0.2, 0.25) is 0 Å². The molecule has 3 nitrogen and oxygen atoms in total. The Morgan fingerprint density at radius 1 is 1.36 bits per heavy atom. The number of ether oxygens (including phenoxy) is 1. The van der Waals surface area contributed by atoms with Crippen LogP contribution in [0.1, 0.15) is 11.6 Å². The fraction of sp³-hybridized carbons (Fsp3) is 0.455. The molecule has 0 aliphatic carbocycles. The molecule has 0 aromatic heterocycles. The largest absolute Gasteiger partial charge is 0.389 e. The van der Waals surface area contributed by atoms with Gasteiger partial charge in [-0.05, 0) is 5.56 Å². The van der Waals surface area contributed by atoms with Crippen molar-refractivity contribution in [3.05, 3.63) is 35.9 Å². The molecule has 76 valence electrons. The van der Waals surface area contributed by atoms with E-state index in [9.17, 15) is 5.11 Å². The van der Waals surface area contributed by atoms with E-state index in [1.165, 1.54) is 0 Å². The monoisotopic (exact) mass is 193 g/mol. The third-order valence-corrected chi connectivity index (χ3v) is 2.69. The van der Waals surface area contributed by atoms with Crippen LogP contribution in [0.25, 0.3) is 0 Å². The van der Waals surface area contributed by atoms with Crippen LogP contribution in [0.3, 0.4) is 0 Å². The van der Waals surface area contributed by atoms with Crippen molar-refractivity contribution in [3.63, 3.8) is 0 Å². The summed E-state index contributed by atoms with van der Waals surface area (Å²) in [5.74, 6) is 0. The molecule has 14 heavy (non-hydrogen) atoms. The van der Waals surface area contributed by atoms with Gasteiger partial charge in [-0.25, -0.2) is 0 Å². The van der Waals surface area contributed by atoms with Crippen LogP contribution in [-0.2, 0) is 4.74 Å². The van der Waals surface area contributed by atoms with Crippen LogP contribution in [0.5, 0.6) is 0 Å². The molecule has 0 spiro atoms. The summed E-state index contributed by atoms with van der Waals surface area (Å²) in [4.78, 5) is 0. The smallest absolute Gasteiger partial charge is 0.104 e. The van der Waals surface area contributed by atoms with Gasteiger partial charge in [0.2, 0.25) is 0 Å². The molecule has 0 bridgehead atoms. The van der Waals surface area contributed by atoms with Crippen LogP contribution < -0.4 is 5.32 Å². The van der Waals surface area contributed by atoms with Gasteiger partial charge in [0, 0.05) is 13.7 Å². The van der Waals surface area contributed by atoms with E-state index in [0.29, 0.717) is 6.54 Å². The number of benzene rings is 1. The highest BCUT2D eigenvalue weighted by atomic mass is 16.5. The van der Waals surface area contributed by atoms with E-state index in [-0.39, 0.29) is 12.1 Å². The zero-order valence-corrected chi connectivity index (χ0v) is 8.18. The van der Waals surface area contributed by atoms with Crippen molar-refractivity contribution in [1.29, 1.82) is 0 Å². The Morgan fingerprint density at radius 2 is 2.07 bits per heavy atom. The van der Waals surface area contributed by atoms with E-state index in [0.717, 1.165) is 5.56 Å². The first-order chi connectivity index (χ1) is 6.83. The van der Waals surface area contributed by atoms with E-state index in [2.05, 4.69) is 5.32 Å².